The number of ketones is 1. The molecule has 1 aromatic carbocycles. The van der Waals surface area contributed by atoms with Crippen LogP contribution in [0.2, 0.25) is 0 Å². The molecule has 0 aliphatic heterocycles. The fourth-order valence-electron chi connectivity index (χ4n) is 1.61. The quantitative estimate of drug-likeness (QED) is 0.651. The van der Waals surface area contributed by atoms with Crippen LogP contribution in [0.4, 0.5) is 9.52 Å². The molecule has 0 bridgehead atoms. The van der Waals surface area contributed by atoms with Crippen molar-refractivity contribution in [3.05, 3.63) is 46.7 Å². The number of rotatable bonds is 6. The molecular weight excluding hydrogens is 315 g/mol. The molecule has 0 unspecified atom stereocenters. The number of nitrogens with zero attached hydrogens (tertiary/aromatic N) is 1. The van der Waals surface area contributed by atoms with Crippen LogP contribution in [0.3, 0.4) is 0 Å². The molecule has 1 amide bonds. The first-order valence-corrected chi connectivity index (χ1v) is 7.59. The summed E-state index contributed by atoms with van der Waals surface area (Å²) in [6.45, 7) is 0. The number of benzene rings is 1. The van der Waals surface area contributed by atoms with E-state index in [1.165, 1.54) is 35.6 Å². The van der Waals surface area contributed by atoms with Crippen molar-refractivity contribution in [2.24, 2.45) is 0 Å². The lowest BCUT2D eigenvalue weighted by molar-refractivity contribution is -0.116. The molecule has 1 heterocycles. The van der Waals surface area contributed by atoms with Crippen molar-refractivity contribution in [1.82, 2.24) is 4.98 Å². The molecule has 110 valence electrons. The maximum atomic E-state index is 12.7. The van der Waals surface area contributed by atoms with E-state index in [-0.39, 0.29) is 30.4 Å². The normalized spacial score (nSPS) is 10.4. The van der Waals surface area contributed by atoms with Gasteiger partial charge < -0.3 is 5.32 Å². The Morgan fingerprint density at radius 2 is 1.95 bits per heavy atom. The molecule has 7 heteroatoms. The van der Waals surface area contributed by atoms with Gasteiger partial charge in [0.15, 0.2) is 10.9 Å². The summed E-state index contributed by atoms with van der Waals surface area (Å²) in [5.74, 6) is -0.607. The lowest BCUT2D eigenvalue weighted by Crippen LogP contribution is -2.13. The number of aromatic nitrogens is 1. The van der Waals surface area contributed by atoms with E-state index < -0.39 is 5.82 Å². The lowest BCUT2D eigenvalue weighted by atomic mass is 10.1. The molecule has 0 atom stereocenters. The molecule has 0 saturated heterocycles. The number of halogens is 2. The zero-order valence-corrected chi connectivity index (χ0v) is 12.5. The van der Waals surface area contributed by atoms with Gasteiger partial charge in [0, 0.05) is 23.8 Å². The minimum Gasteiger partial charge on any atom is -0.302 e. The molecular formula is C14H12ClFN2O2S. The third-order valence-electron chi connectivity index (χ3n) is 2.68. The monoisotopic (exact) mass is 326 g/mol. The number of carbonyl (C=O) groups excluding carboxylic acids is 2. The van der Waals surface area contributed by atoms with Gasteiger partial charge in [-0.1, -0.05) is 0 Å². The first-order chi connectivity index (χ1) is 10.1. The molecule has 0 saturated carbocycles. The van der Waals surface area contributed by atoms with Crippen LogP contribution in [-0.4, -0.2) is 16.7 Å². The Morgan fingerprint density at radius 3 is 2.57 bits per heavy atom. The van der Waals surface area contributed by atoms with Gasteiger partial charge in [-0.15, -0.1) is 22.9 Å². The van der Waals surface area contributed by atoms with E-state index in [2.05, 4.69) is 10.3 Å². The fraction of sp³-hybridized carbons (Fsp3) is 0.214. The Labute approximate surface area is 130 Å². The van der Waals surface area contributed by atoms with E-state index in [1.807, 2.05) is 0 Å². The summed E-state index contributed by atoms with van der Waals surface area (Å²) in [4.78, 5) is 27.6. The minimum absolute atomic E-state index is 0.0476. The number of anilines is 1. The molecule has 0 aliphatic carbocycles. The SMILES string of the molecule is O=C(CCC(=O)c1ccc(F)cc1)Nc1nc(CCl)cs1. The van der Waals surface area contributed by atoms with Gasteiger partial charge in [0.25, 0.3) is 0 Å². The number of nitrogens with one attached hydrogen (secondary N) is 1. The molecule has 0 aliphatic rings. The Bertz CT molecular complexity index is 643. The van der Waals surface area contributed by atoms with Gasteiger partial charge in [0.05, 0.1) is 11.6 Å². The Balaban J connectivity index is 1.83. The van der Waals surface area contributed by atoms with Crippen LogP contribution in [-0.2, 0) is 10.7 Å². The van der Waals surface area contributed by atoms with Gasteiger partial charge in [-0.3, -0.25) is 9.59 Å². The molecule has 0 spiro atoms. The highest BCUT2D eigenvalue weighted by Gasteiger charge is 2.11. The summed E-state index contributed by atoms with van der Waals surface area (Å²) < 4.78 is 12.7. The van der Waals surface area contributed by atoms with Crippen LogP contribution in [0.1, 0.15) is 28.9 Å². The number of amides is 1. The Kier molecular flexibility index (Phi) is 5.41. The average molecular weight is 327 g/mol. The minimum atomic E-state index is -0.400. The van der Waals surface area contributed by atoms with Crippen LogP contribution >= 0.6 is 22.9 Å². The summed E-state index contributed by atoms with van der Waals surface area (Å²) in [5.41, 5.74) is 1.09. The highest BCUT2D eigenvalue weighted by atomic mass is 35.5. The first kappa shape index (κ1) is 15.6. The van der Waals surface area contributed by atoms with Gasteiger partial charge in [0.1, 0.15) is 5.82 Å². The van der Waals surface area contributed by atoms with E-state index in [0.717, 1.165) is 0 Å². The highest BCUT2D eigenvalue weighted by Crippen LogP contribution is 2.17. The second-order valence-corrected chi connectivity index (χ2v) is 5.38. The van der Waals surface area contributed by atoms with Gasteiger partial charge in [-0.2, -0.15) is 0 Å². The maximum absolute atomic E-state index is 12.7. The first-order valence-electron chi connectivity index (χ1n) is 6.17. The van der Waals surface area contributed by atoms with Crippen molar-refractivity contribution in [3.8, 4) is 0 Å². The van der Waals surface area contributed by atoms with Crippen molar-refractivity contribution < 1.29 is 14.0 Å². The number of carbonyl (C=O) groups is 2. The van der Waals surface area contributed by atoms with E-state index in [4.69, 9.17) is 11.6 Å². The summed E-state index contributed by atoms with van der Waals surface area (Å²) in [6, 6.07) is 5.25. The summed E-state index contributed by atoms with van der Waals surface area (Å²) in [5, 5.41) is 4.83. The smallest absolute Gasteiger partial charge is 0.226 e. The van der Waals surface area contributed by atoms with Gasteiger partial charge in [-0.05, 0) is 24.3 Å². The van der Waals surface area contributed by atoms with Crippen molar-refractivity contribution >= 4 is 39.8 Å². The zero-order valence-electron chi connectivity index (χ0n) is 10.9. The Morgan fingerprint density at radius 1 is 1.24 bits per heavy atom. The molecule has 1 N–H and O–H groups in total. The van der Waals surface area contributed by atoms with Crippen LogP contribution in [0.15, 0.2) is 29.6 Å². The van der Waals surface area contributed by atoms with E-state index in [1.54, 1.807) is 5.38 Å². The summed E-state index contributed by atoms with van der Waals surface area (Å²) >= 11 is 6.90. The molecule has 0 radical (unpaired) electrons. The van der Waals surface area contributed by atoms with E-state index >= 15 is 0 Å². The predicted molar refractivity (Wildman–Crippen MR) is 80.3 cm³/mol. The molecule has 21 heavy (non-hydrogen) atoms. The molecule has 2 aromatic rings. The van der Waals surface area contributed by atoms with Crippen molar-refractivity contribution in [1.29, 1.82) is 0 Å². The van der Waals surface area contributed by atoms with Crippen LogP contribution in [0.5, 0.6) is 0 Å². The van der Waals surface area contributed by atoms with Gasteiger partial charge in [0.2, 0.25) is 5.91 Å². The van der Waals surface area contributed by atoms with Crippen LogP contribution < -0.4 is 5.32 Å². The van der Waals surface area contributed by atoms with Crippen molar-refractivity contribution in [2.75, 3.05) is 5.32 Å². The number of Topliss-reactive ketones (excluding diaryl/α,β-unsaturated/α-hetero) is 1. The molecule has 0 fully saturated rings. The van der Waals surface area contributed by atoms with Gasteiger partial charge in [-0.25, -0.2) is 9.37 Å². The number of alkyl halides is 1. The van der Waals surface area contributed by atoms with Crippen molar-refractivity contribution in [3.63, 3.8) is 0 Å². The average Bonchev–Trinajstić information content (AvgIpc) is 2.93. The topological polar surface area (TPSA) is 59.1 Å². The van der Waals surface area contributed by atoms with E-state index in [9.17, 15) is 14.0 Å². The zero-order chi connectivity index (χ0) is 15.2. The number of hydrogen-bond donors (Lipinski definition) is 1. The summed E-state index contributed by atoms with van der Waals surface area (Å²) in [6.07, 6.45) is 0.108. The second-order valence-electron chi connectivity index (χ2n) is 4.26. The van der Waals surface area contributed by atoms with E-state index in [0.29, 0.717) is 16.4 Å². The summed E-state index contributed by atoms with van der Waals surface area (Å²) in [7, 11) is 0. The second kappa shape index (κ2) is 7.28. The highest BCUT2D eigenvalue weighted by molar-refractivity contribution is 7.13. The third-order valence-corrected chi connectivity index (χ3v) is 3.76. The Hall–Kier alpha value is -1.79. The lowest BCUT2D eigenvalue weighted by Gasteiger charge is -2.02. The van der Waals surface area contributed by atoms with Crippen LogP contribution in [0.25, 0.3) is 0 Å². The molecule has 4 nitrogen and oxygen atoms in total. The number of thiazole rings is 1. The fourth-order valence-corrected chi connectivity index (χ4v) is 2.57. The number of hydrogen-bond acceptors (Lipinski definition) is 4. The van der Waals surface area contributed by atoms with Gasteiger partial charge >= 0.3 is 0 Å². The standard InChI is InChI=1S/C14H12ClFN2O2S/c15-7-11-8-21-14(17-11)18-13(20)6-5-12(19)9-1-3-10(16)4-2-9/h1-4,8H,5-7H2,(H,17,18,20). The molecule has 1 aromatic heterocycles. The van der Waals surface area contributed by atoms with Crippen LogP contribution in [0, 0.1) is 5.82 Å². The van der Waals surface area contributed by atoms with Crippen molar-refractivity contribution in [2.45, 2.75) is 18.7 Å². The largest absolute Gasteiger partial charge is 0.302 e. The molecule has 2 rings (SSSR count). The maximum Gasteiger partial charge on any atom is 0.226 e. The third kappa shape index (κ3) is 4.61. The predicted octanol–water partition coefficient (Wildman–Crippen LogP) is 3.62.